The normalized spacial score (nSPS) is 19.1. The van der Waals surface area contributed by atoms with Crippen molar-refractivity contribution < 1.29 is 32.6 Å². The first kappa shape index (κ1) is 42.1. The molecule has 0 aromatic carbocycles. The number of amides is 2. The van der Waals surface area contributed by atoms with E-state index in [1.165, 1.54) is 38.6 Å². The average Bonchev–Trinajstić information content (AvgIpc) is 3.68. The number of carbonyl (C=O) groups is 3. The lowest BCUT2D eigenvalue weighted by molar-refractivity contribution is -0.115. The van der Waals surface area contributed by atoms with Gasteiger partial charge in [0.25, 0.3) is 0 Å². The van der Waals surface area contributed by atoms with Gasteiger partial charge in [0, 0.05) is 39.0 Å². The molecule has 2 amide bonds. The van der Waals surface area contributed by atoms with Crippen molar-refractivity contribution >= 4 is 51.0 Å². The van der Waals surface area contributed by atoms with E-state index in [1.54, 1.807) is 0 Å². The van der Waals surface area contributed by atoms with E-state index >= 15 is 0 Å². The number of piperidine rings is 2. The van der Waals surface area contributed by atoms with Crippen molar-refractivity contribution in [2.45, 2.75) is 84.2 Å². The molecule has 2 saturated heterocycles. The molecule has 2 aliphatic heterocycles. The lowest BCUT2D eigenvalue weighted by Gasteiger charge is -2.37. The molecule has 21 heteroatoms. The van der Waals surface area contributed by atoms with Crippen LogP contribution in [0.1, 0.15) is 79.3 Å². The Morgan fingerprint density at radius 2 is 1.45 bits per heavy atom. The van der Waals surface area contributed by atoms with Crippen molar-refractivity contribution in [1.29, 1.82) is 10.5 Å². The van der Waals surface area contributed by atoms with Gasteiger partial charge in [-0.1, -0.05) is 22.7 Å². The highest BCUT2D eigenvalue weighted by atomic mass is 32.1. The van der Waals surface area contributed by atoms with Crippen LogP contribution in [0.25, 0.3) is 0 Å². The molecular weight excluding hydrogens is 759 g/mol. The van der Waals surface area contributed by atoms with E-state index in [1.807, 2.05) is 12.1 Å². The first-order valence-electron chi connectivity index (χ1n) is 16.9. The number of ether oxygens (including phenoxy) is 2. The van der Waals surface area contributed by atoms with Crippen molar-refractivity contribution in [3.05, 3.63) is 57.8 Å². The van der Waals surface area contributed by atoms with Crippen molar-refractivity contribution in [3.8, 4) is 23.9 Å². The molecule has 17 nitrogen and oxygen atoms in total. The Morgan fingerprint density at radius 3 is 1.93 bits per heavy atom. The number of aldehydes is 1. The first-order valence-corrected chi connectivity index (χ1v) is 18.6. The maximum atomic E-state index is 14.0. The smallest absolute Gasteiger partial charge is 0.236 e. The maximum Gasteiger partial charge on any atom is 0.236 e. The second-order valence-electron chi connectivity index (χ2n) is 12.3. The molecule has 0 unspecified atom stereocenters. The van der Waals surface area contributed by atoms with Gasteiger partial charge in [0.2, 0.25) is 35.5 Å². The average molecular weight is 797 g/mol. The molecule has 4 aromatic heterocycles. The fourth-order valence-electron chi connectivity index (χ4n) is 5.33. The summed E-state index contributed by atoms with van der Waals surface area (Å²) in [6, 6.07) is 4.50. The van der Waals surface area contributed by atoms with Gasteiger partial charge in [-0.25, -0.2) is 19.9 Å². The Kier molecular flexibility index (Phi) is 15.9. The largest absolute Gasteiger partial charge is 0.473 e. The van der Waals surface area contributed by atoms with Gasteiger partial charge in [0.1, 0.15) is 29.2 Å². The standard InChI is InChI=1S/C17H19FN6O2S.C11H14N4O.C6H5FN2O2S/c1-10-5-13(26-15-8-20-12(6-19)7-21-15)3-4-24(10)9-14-16(18)23-17(27-14)22-11(2)25;1-8-4-10(2-3-13-8)16-11-7-14-9(5-12)6-15-11;1-3(11)8-6-9-5(7)4(2-10)12-6/h7-8,10,13H,3-5,9H2,1-2H3,(H,22,23,25);6-8,10,13H,2-4H2,1H3;2H,1H3,(H,8,9,11)/t10-,13-;8-,10-;/m00./s1. The number of nitrogens with zero attached hydrogens (tertiary/aromatic N) is 9. The van der Waals surface area contributed by atoms with Crippen LogP contribution in [0.4, 0.5) is 19.0 Å². The van der Waals surface area contributed by atoms with Crippen LogP contribution in [0.5, 0.6) is 11.8 Å². The maximum absolute atomic E-state index is 14.0. The van der Waals surface area contributed by atoms with Gasteiger partial charge in [-0.2, -0.15) is 29.3 Å². The minimum Gasteiger partial charge on any atom is -0.473 e. The molecule has 6 heterocycles. The van der Waals surface area contributed by atoms with Crippen molar-refractivity contribution in [2.75, 3.05) is 23.7 Å². The SMILES string of the molecule is CC(=O)Nc1nc(F)c(C=O)s1.CC(=O)Nc1nc(F)c(CN2CC[C@H](Oc3cnc(C#N)cn3)C[C@@H]2C)s1.C[C@H]1C[C@@H](Oc2cnc(C#N)cn2)CCN1. The van der Waals surface area contributed by atoms with Crippen molar-refractivity contribution in [1.82, 2.24) is 40.1 Å². The van der Waals surface area contributed by atoms with E-state index in [9.17, 15) is 23.2 Å². The Labute approximate surface area is 323 Å². The third-order valence-corrected chi connectivity index (χ3v) is 9.68. The molecule has 0 saturated carbocycles. The third-order valence-electron chi connectivity index (χ3n) is 7.88. The van der Waals surface area contributed by atoms with E-state index < -0.39 is 11.9 Å². The molecule has 0 bridgehead atoms. The van der Waals surface area contributed by atoms with E-state index in [0.717, 1.165) is 61.4 Å². The van der Waals surface area contributed by atoms with Crippen LogP contribution in [-0.4, -0.2) is 90.3 Å². The summed E-state index contributed by atoms with van der Waals surface area (Å²) in [5, 5.41) is 25.9. The van der Waals surface area contributed by atoms with Gasteiger partial charge in [-0.15, -0.1) is 0 Å². The third kappa shape index (κ3) is 13.6. The second kappa shape index (κ2) is 20.7. The number of nitriles is 2. The molecule has 55 heavy (non-hydrogen) atoms. The number of hydrogen-bond donors (Lipinski definition) is 3. The molecule has 4 aromatic rings. The van der Waals surface area contributed by atoms with E-state index in [2.05, 4.69) is 64.6 Å². The zero-order chi connectivity index (χ0) is 39.9. The number of likely N-dealkylation sites (tertiary alicyclic amines) is 1. The number of hydrogen-bond acceptors (Lipinski definition) is 17. The van der Waals surface area contributed by atoms with Crippen LogP contribution in [0.2, 0.25) is 0 Å². The second-order valence-corrected chi connectivity index (χ2v) is 14.4. The zero-order valence-corrected chi connectivity index (χ0v) is 31.9. The van der Waals surface area contributed by atoms with Crippen molar-refractivity contribution in [3.63, 3.8) is 0 Å². The van der Waals surface area contributed by atoms with Crippen molar-refractivity contribution in [2.24, 2.45) is 0 Å². The molecule has 4 atom stereocenters. The number of carbonyl (C=O) groups excluding carboxylic acids is 3. The van der Waals surface area contributed by atoms with Gasteiger partial charge in [0.15, 0.2) is 27.9 Å². The minimum absolute atomic E-state index is 0.0141. The Hall–Kier alpha value is -5.61. The summed E-state index contributed by atoms with van der Waals surface area (Å²) in [4.78, 5) is 57.3. The summed E-state index contributed by atoms with van der Waals surface area (Å²) < 4.78 is 38.2. The molecule has 3 N–H and O–H groups in total. The van der Waals surface area contributed by atoms with Crippen LogP contribution < -0.4 is 25.4 Å². The molecule has 0 radical (unpaired) electrons. The molecule has 2 aliphatic rings. The number of nitrogens with one attached hydrogen (secondary N) is 3. The summed E-state index contributed by atoms with van der Waals surface area (Å²) >= 11 is 1.96. The van der Waals surface area contributed by atoms with Crippen LogP contribution >= 0.6 is 22.7 Å². The molecule has 0 aliphatic carbocycles. The highest BCUT2D eigenvalue weighted by Gasteiger charge is 2.28. The fraction of sp³-hybridized carbons (Fsp3) is 0.441. The van der Waals surface area contributed by atoms with E-state index in [4.69, 9.17) is 20.0 Å². The number of halogens is 2. The van der Waals surface area contributed by atoms with Crippen LogP contribution in [0.3, 0.4) is 0 Å². The van der Waals surface area contributed by atoms with Gasteiger partial charge in [-0.05, 0) is 46.1 Å². The minimum atomic E-state index is -0.848. The summed E-state index contributed by atoms with van der Waals surface area (Å²) in [6.07, 6.45) is 9.79. The molecular formula is C34H38F2N12O5S2. The Morgan fingerprint density at radius 1 is 0.891 bits per heavy atom. The van der Waals surface area contributed by atoms with E-state index in [0.29, 0.717) is 41.2 Å². The summed E-state index contributed by atoms with van der Waals surface area (Å²) in [7, 11) is 0. The number of anilines is 2. The van der Waals surface area contributed by atoms with Gasteiger partial charge in [-0.3, -0.25) is 19.3 Å². The van der Waals surface area contributed by atoms with Crippen LogP contribution in [0.15, 0.2) is 24.8 Å². The highest BCUT2D eigenvalue weighted by molar-refractivity contribution is 7.17. The summed E-state index contributed by atoms with van der Waals surface area (Å²) in [6.45, 7) is 8.99. The Bertz CT molecular complexity index is 1990. The van der Waals surface area contributed by atoms with Crippen LogP contribution in [0, 0.1) is 34.6 Å². The zero-order valence-electron chi connectivity index (χ0n) is 30.3. The summed E-state index contributed by atoms with van der Waals surface area (Å²) in [5.41, 5.74) is 0.557. The fourth-order valence-corrected chi connectivity index (χ4v) is 6.95. The molecule has 290 valence electrons. The molecule has 6 rings (SSSR count). The highest BCUT2D eigenvalue weighted by Crippen LogP contribution is 2.28. The first-order chi connectivity index (χ1) is 26.3. The number of rotatable bonds is 9. The predicted molar refractivity (Wildman–Crippen MR) is 196 cm³/mol. The van der Waals surface area contributed by atoms with Crippen LogP contribution in [-0.2, 0) is 16.1 Å². The lowest BCUT2D eigenvalue weighted by Crippen LogP contribution is -2.43. The topological polar surface area (TPSA) is 234 Å². The number of aromatic nitrogens is 6. The molecule has 0 spiro atoms. The monoisotopic (exact) mass is 796 g/mol. The van der Waals surface area contributed by atoms with E-state index in [-0.39, 0.29) is 50.9 Å². The predicted octanol–water partition coefficient (Wildman–Crippen LogP) is 4.25. The number of thiazole rings is 2. The Balaban J connectivity index is 0.000000203. The lowest BCUT2D eigenvalue weighted by atomic mass is 10.0. The van der Waals surface area contributed by atoms with Gasteiger partial charge < -0.3 is 25.4 Å². The molecule has 2 fully saturated rings. The summed E-state index contributed by atoms with van der Waals surface area (Å²) in [5.74, 6) is -1.11. The quantitative estimate of drug-likeness (QED) is 0.201. The van der Waals surface area contributed by atoms with Gasteiger partial charge >= 0.3 is 0 Å². The van der Waals surface area contributed by atoms with Gasteiger partial charge in [0.05, 0.1) is 29.7 Å².